The Kier molecular flexibility index (Phi) is 8.20. The molecule has 0 fully saturated rings. The molecular formula is C12H27NO. The maximum absolute atomic E-state index is 8.85. The molecule has 0 rings (SSSR count). The average Bonchev–Trinajstić information content (AvgIpc) is 2.15. The van der Waals surface area contributed by atoms with Crippen molar-refractivity contribution in [3.05, 3.63) is 0 Å². The quantitative estimate of drug-likeness (QED) is 0.652. The van der Waals surface area contributed by atoms with E-state index >= 15 is 0 Å². The smallest absolute Gasteiger partial charge is 0.0443 e. The van der Waals surface area contributed by atoms with Crippen LogP contribution in [0.1, 0.15) is 47.0 Å². The fraction of sp³-hybridized carbons (Fsp3) is 1.00. The zero-order chi connectivity index (χ0) is 11.0. The van der Waals surface area contributed by atoms with E-state index in [9.17, 15) is 0 Å². The van der Waals surface area contributed by atoms with Crippen LogP contribution in [0.2, 0.25) is 0 Å². The lowest BCUT2D eigenvalue weighted by Crippen LogP contribution is -2.38. The monoisotopic (exact) mass is 201 g/mol. The van der Waals surface area contributed by atoms with E-state index in [2.05, 4.69) is 32.6 Å². The van der Waals surface area contributed by atoms with Crippen LogP contribution in [0.5, 0.6) is 0 Å². The van der Waals surface area contributed by atoms with Gasteiger partial charge >= 0.3 is 0 Å². The van der Waals surface area contributed by atoms with Gasteiger partial charge in [-0.2, -0.15) is 0 Å². The van der Waals surface area contributed by atoms with Gasteiger partial charge in [0.1, 0.15) is 0 Å². The zero-order valence-corrected chi connectivity index (χ0v) is 10.3. The van der Waals surface area contributed by atoms with Crippen LogP contribution in [0.15, 0.2) is 0 Å². The molecule has 2 heteroatoms. The van der Waals surface area contributed by atoms with E-state index in [4.69, 9.17) is 5.11 Å². The van der Waals surface area contributed by atoms with E-state index < -0.39 is 0 Å². The molecule has 0 unspecified atom stereocenters. The van der Waals surface area contributed by atoms with Crippen molar-refractivity contribution in [3.8, 4) is 0 Å². The summed E-state index contributed by atoms with van der Waals surface area (Å²) in [5, 5.41) is 8.85. The Balaban J connectivity index is 4.06. The highest BCUT2D eigenvalue weighted by atomic mass is 16.3. The maximum atomic E-state index is 8.85. The van der Waals surface area contributed by atoms with Gasteiger partial charge in [-0.15, -0.1) is 0 Å². The van der Waals surface area contributed by atoms with Gasteiger partial charge in [-0.3, -0.25) is 0 Å². The Morgan fingerprint density at radius 1 is 1.14 bits per heavy atom. The van der Waals surface area contributed by atoms with Crippen LogP contribution in [0.3, 0.4) is 0 Å². The van der Waals surface area contributed by atoms with Crippen molar-refractivity contribution < 1.29 is 5.11 Å². The van der Waals surface area contributed by atoms with E-state index in [0.29, 0.717) is 18.6 Å². The summed E-state index contributed by atoms with van der Waals surface area (Å²) in [7, 11) is 0. The summed E-state index contributed by atoms with van der Waals surface area (Å²) in [6, 6.07) is 0.698. The molecule has 0 atom stereocenters. The fourth-order valence-corrected chi connectivity index (χ4v) is 1.97. The van der Waals surface area contributed by atoms with Crippen LogP contribution in [-0.2, 0) is 0 Å². The van der Waals surface area contributed by atoms with Gasteiger partial charge in [0.15, 0.2) is 0 Å². The van der Waals surface area contributed by atoms with Gasteiger partial charge in [0, 0.05) is 25.7 Å². The molecule has 0 saturated carbocycles. The first kappa shape index (κ1) is 13.9. The third-order valence-corrected chi connectivity index (χ3v) is 2.66. The topological polar surface area (TPSA) is 23.5 Å². The van der Waals surface area contributed by atoms with Crippen LogP contribution in [0.4, 0.5) is 0 Å². The fourth-order valence-electron chi connectivity index (χ4n) is 1.97. The molecular weight excluding hydrogens is 174 g/mol. The highest BCUT2D eigenvalue weighted by molar-refractivity contribution is 4.70. The van der Waals surface area contributed by atoms with Crippen molar-refractivity contribution in [2.45, 2.75) is 53.0 Å². The summed E-state index contributed by atoms with van der Waals surface area (Å²) < 4.78 is 0. The standard InChI is InChI=1S/C12H27NO/c1-5-12(6-2)13(8-7-9-14)10-11(3)4/h11-12,14H,5-10H2,1-4H3. The summed E-state index contributed by atoms with van der Waals surface area (Å²) >= 11 is 0. The molecule has 86 valence electrons. The number of nitrogens with zero attached hydrogens (tertiary/aromatic N) is 1. The van der Waals surface area contributed by atoms with Crippen LogP contribution < -0.4 is 0 Å². The number of aliphatic hydroxyl groups is 1. The predicted octanol–water partition coefficient (Wildman–Crippen LogP) is 2.52. The van der Waals surface area contributed by atoms with Crippen molar-refractivity contribution in [2.75, 3.05) is 19.7 Å². The van der Waals surface area contributed by atoms with Gasteiger partial charge in [-0.1, -0.05) is 27.7 Å². The highest BCUT2D eigenvalue weighted by Gasteiger charge is 2.15. The Labute approximate surface area is 89.3 Å². The molecule has 0 spiro atoms. The van der Waals surface area contributed by atoms with Gasteiger partial charge < -0.3 is 10.0 Å². The van der Waals surface area contributed by atoms with Gasteiger partial charge in [0.2, 0.25) is 0 Å². The largest absolute Gasteiger partial charge is 0.396 e. The SMILES string of the molecule is CCC(CC)N(CCCO)CC(C)C. The summed E-state index contributed by atoms with van der Waals surface area (Å²) in [5.41, 5.74) is 0. The number of aliphatic hydroxyl groups excluding tert-OH is 1. The maximum Gasteiger partial charge on any atom is 0.0443 e. The highest BCUT2D eigenvalue weighted by Crippen LogP contribution is 2.11. The minimum atomic E-state index is 0.314. The van der Waals surface area contributed by atoms with Gasteiger partial charge in [-0.05, 0) is 25.2 Å². The molecule has 0 heterocycles. The van der Waals surface area contributed by atoms with Gasteiger partial charge in [-0.25, -0.2) is 0 Å². The Bertz CT molecular complexity index is 121. The van der Waals surface area contributed by atoms with E-state index in [-0.39, 0.29) is 0 Å². The predicted molar refractivity (Wildman–Crippen MR) is 62.5 cm³/mol. The van der Waals surface area contributed by atoms with E-state index in [1.165, 1.54) is 12.8 Å². The number of hydrogen-bond acceptors (Lipinski definition) is 2. The minimum absolute atomic E-state index is 0.314. The van der Waals surface area contributed by atoms with E-state index in [0.717, 1.165) is 19.5 Å². The van der Waals surface area contributed by atoms with Crippen molar-refractivity contribution >= 4 is 0 Å². The van der Waals surface area contributed by atoms with Crippen LogP contribution in [-0.4, -0.2) is 35.7 Å². The minimum Gasteiger partial charge on any atom is -0.396 e. The van der Waals surface area contributed by atoms with Gasteiger partial charge in [0.05, 0.1) is 0 Å². The number of hydrogen-bond donors (Lipinski definition) is 1. The molecule has 0 radical (unpaired) electrons. The molecule has 0 amide bonds. The summed E-state index contributed by atoms with van der Waals surface area (Å²) in [4.78, 5) is 2.53. The average molecular weight is 201 g/mol. The summed E-state index contributed by atoms with van der Waals surface area (Å²) in [6.45, 7) is 11.5. The number of rotatable bonds is 8. The molecule has 0 bridgehead atoms. The lowest BCUT2D eigenvalue weighted by Gasteiger charge is -2.31. The first-order valence-electron chi connectivity index (χ1n) is 6.00. The summed E-state index contributed by atoms with van der Waals surface area (Å²) in [6.07, 6.45) is 3.34. The van der Waals surface area contributed by atoms with E-state index in [1.54, 1.807) is 0 Å². The second-order valence-electron chi connectivity index (χ2n) is 4.44. The zero-order valence-electron chi connectivity index (χ0n) is 10.3. The lowest BCUT2D eigenvalue weighted by atomic mass is 10.1. The van der Waals surface area contributed by atoms with Crippen molar-refractivity contribution in [1.82, 2.24) is 4.90 Å². The lowest BCUT2D eigenvalue weighted by molar-refractivity contribution is 0.149. The second kappa shape index (κ2) is 8.25. The normalized spacial score (nSPS) is 12.0. The molecule has 14 heavy (non-hydrogen) atoms. The van der Waals surface area contributed by atoms with Crippen LogP contribution >= 0.6 is 0 Å². The van der Waals surface area contributed by atoms with E-state index in [1.807, 2.05) is 0 Å². The second-order valence-corrected chi connectivity index (χ2v) is 4.44. The molecule has 2 nitrogen and oxygen atoms in total. The molecule has 0 aliphatic heterocycles. The third kappa shape index (κ3) is 5.61. The van der Waals surface area contributed by atoms with Crippen molar-refractivity contribution in [2.24, 2.45) is 5.92 Å². The van der Waals surface area contributed by atoms with Crippen LogP contribution in [0, 0.1) is 5.92 Å². The molecule has 0 aromatic carbocycles. The molecule has 0 aromatic heterocycles. The molecule has 0 aliphatic rings. The molecule has 0 aliphatic carbocycles. The first-order valence-corrected chi connectivity index (χ1v) is 6.00. The van der Waals surface area contributed by atoms with Crippen molar-refractivity contribution in [1.29, 1.82) is 0 Å². The van der Waals surface area contributed by atoms with Crippen molar-refractivity contribution in [3.63, 3.8) is 0 Å². The molecule has 0 aromatic rings. The Hall–Kier alpha value is -0.0800. The Morgan fingerprint density at radius 3 is 2.07 bits per heavy atom. The Morgan fingerprint density at radius 2 is 1.71 bits per heavy atom. The molecule has 1 N–H and O–H groups in total. The van der Waals surface area contributed by atoms with Gasteiger partial charge in [0.25, 0.3) is 0 Å². The summed E-state index contributed by atoms with van der Waals surface area (Å²) in [5.74, 6) is 0.717. The van der Waals surface area contributed by atoms with Crippen LogP contribution in [0.25, 0.3) is 0 Å². The molecule has 0 saturated heterocycles. The first-order chi connectivity index (χ1) is 6.65. The third-order valence-electron chi connectivity index (χ3n) is 2.66.